The van der Waals surface area contributed by atoms with Crippen molar-refractivity contribution < 1.29 is 14.3 Å². The quantitative estimate of drug-likeness (QED) is 0.834. The van der Waals surface area contributed by atoms with E-state index >= 15 is 0 Å². The maximum atomic E-state index is 12.8. The SMILES string of the molecule is COc1ccc([C@H]2[C@@H]3CN(CC(=O)NC4CC4)C[C@@H]3CN2C(=O)N(C)C)cc1. The molecule has 4 rings (SSSR count). The molecule has 2 heterocycles. The Balaban J connectivity index is 1.50. The lowest BCUT2D eigenvalue weighted by atomic mass is 9.89. The molecule has 1 aromatic carbocycles. The number of nitrogens with zero attached hydrogens (tertiary/aromatic N) is 3. The number of hydrogen-bond acceptors (Lipinski definition) is 4. The smallest absolute Gasteiger partial charge is 0.320 e. The number of benzene rings is 1. The molecule has 152 valence electrons. The molecule has 0 bridgehead atoms. The maximum absolute atomic E-state index is 12.8. The fourth-order valence-electron chi connectivity index (χ4n) is 4.65. The van der Waals surface area contributed by atoms with Crippen molar-refractivity contribution in [2.24, 2.45) is 11.8 Å². The van der Waals surface area contributed by atoms with Crippen molar-refractivity contribution in [3.05, 3.63) is 29.8 Å². The van der Waals surface area contributed by atoms with Gasteiger partial charge in [-0.3, -0.25) is 9.69 Å². The Labute approximate surface area is 166 Å². The van der Waals surface area contributed by atoms with Gasteiger partial charge in [0.1, 0.15) is 5.75 Å². The fourth-order valence-corrected chi connectivity index (χ4v) is 4.65. The molecule has 28 heavy (non-hydrogen) atoms. The molecule has 1 N–H and O–H groups in total. The maximum Gasteiger partial charge on any atom is 0.320 e. The van der Waals surface area contributed by atoms with Gasteiger partial charge in [0.15, 0.2) is 0 Å². The van der Waals surface area contributed by atoms with Crippen LogP contribution in [0.15, 0.2) is 24.3 Å². The number of urea groups is 1. The van der Waals surface area contributed by atoms with Crippen molar-refractivity contribution in [3.63, 3.8) is 0 Å². The lowest BCUT2D eigenvalue weighted by molar-refractivity contribution is -0.122. The van der Waals surface area contributed by atoms with E-state index in [9.17, 15) is 9.59 Å². The van der Waals surface area contributed by atoms with Gasteiger partial charge < -0.3 is 19.9 Å². The van der Waals surface area contributed by atoms with E-state index in [2.05, 4.69) is 22.3 Å². The van der Waals surface area contributed by atoms with Crippen LogP contribution in [-0.4, -0.2) is 80.1 Å². The van der Waals surface area contributed by atoms with Crippen molar-refractivity contribution >= 4 is 11.9 Å². The van der Waals surface area contributed by atoms with Crippen molar-refractivity contribution in [2.75, 3.05) is 47.4 Å². The first-order chi connectivity index (χ1) is 13.5. The summed E-state index contributed by atoms with van der Waals surface area (Å²) in [6.07, 6.45) is 2.22. The summed E-state index contributed by atoms with van der Waals surface area (Å²) in [6.45, 7) is 2.91. The highest BCUT2D eigenvalue weighted by molar-refractivity contribution is 5.78. The van der Waals surface area contributed by atoms with Gasteiger partial charge in [-0.05, 0) is 36.5 Å². The molecular formula is C21H30N4O3. The van der Waals surface area contributed by atoms with Crippen LogP contribution in [-0.2, 0) is 4.79 Å². The van der Waals surface area contributed by atoms with Crippen LogP contribution < -0.4 is 10.1 Å². The summed E-state index contributed by atoms with van der Waals surface area (Å²) >= 11 is 0. The van der Waals surface area contributed by atoms with Gasteiger partial charge in [0.05, 0.1) is 19.7 Å². The summed E-state index contributed by atoms with van der Waals surface area (Å²) in [4.78, 5) is 30.9. The van der Waals surface area contributed by atoms with E-state index in [4.69, 9.17) is 4.74 Å². The van der Waals surface area contributed by atoms with Gasteiger partial charge in [0, 0.05) is 45.7 Å². The van der Waals surface area contributed by atoms with Crippen LogP contribution in [0.1, 0.15) is 24.4 Å². The van der Waals surface area contributed by atoms with E-state index in [1.54, 1.807) is 26.1 Å². The number of nitrogens with one attached hydrogen (secondary N) is 1. The third-order valence-corrected chi connectivity index (χ3v) is 6.14. The molecule has 3 atom stereocenters. The second kappa shape index (κ2) is 7.62. The van der Waals surface area contributed by atoms with Crippen LogP contribution in [0.4, 0.5) is 4.79 Å². The van der Waals surface area contributed by atoms with E-state index in [0.29, 0.717) is 24.4 Å². The summed E-state index contributed by atoms with van der Waals surface area (Å²) < 4.78 is 5.29. The van der Waals surface area contributed by atoms with Gasteiger partial charge in [-0.2, -0.15) is 0 Å². The standard InChI is InChI=1S/C21H30N4O3/c1-23(2)21(27)25-11-15-10-24(13-19(26)22-16-6-7-16)12-18(15)20(25)14-4-8-17(28-3)9-5-14/h4-5,8-9,15-16,18,20H,6-7,10-13H2,1-3H3,(H,22,26)/t15-,18-,20+/m1/s1. The summed E-state index contributed by atoms with van der Waals surface area (Å²) in [5.74, 6) is 1.68. The van der Waals surface area contributed by atoms with E-state index in [1.807, 2.05) is 17.0 Å². The minimum absolute atomic E-state index is 0.0299. The molecule has 1 saturated carbocycles. The van der Waals surface area contributed by atoms with Gasteiger partial charge in [0.25, 0.3) is 0 Å². The molecule has 3 fully saturated rings. The zero-order chi connectivity index (χ0) is 19.8. The first kappa shape index (κ1) is 19.1. The predicted molar refractivity (Wildman–Crippen MR) is 106 cm³/mol. The van der Waals surface area contributed by atoms with Crippen LogP contribution in [0, 0.1) is 11.8 Å². The Bertz CT molecular complexity index is 732. The number of likely N-dealkylation sites (tertiary alicyclic amines) is 2. The zero-order valence-corrected chi connectivity index (χ0v) is 16.9. The van der Waals surface area contributed by atoms with Crippen molar-refractivity contribution in [3.8, 4) is 5.75 Å². The normalized spacial score (nSPS) is 26.8. The molecule has 1 aliphatic carbocycles. The fraction of sp³-hybridized carbons (Fsp3) is 0.619. The second-order valence-corrected chi connectivity index (χ2v) is 8.51. The molecule has 2 saturated heterocycles. The topological polar surface area (TPSA) is 65.1 Å². The molecule has 0 spiro atoms. The lowest BCUT2D eigenvalue weighted by Crippen LogP contribution is -2.42. The van der Waals surface area contributed by atoms with Crippen molar-refractivity contribution in [1.29, 1.82) is 0 Å². The summed E-state index contributed by atoms with van der Waals surface area (Å²) in [5, 5.41) is 3.08. The monoisotopic (exact) mass is 386 g/mol. The molecule has 0 unspecified atom stereocenters. The number of methoxy groups -OCH3 is 1. The third-order valence-electron chi connectivity index (χ3n) is 6.14. The first-order valence-electron chi connectivity index (χ1n) is 10.1. The Morgan fingerprint density at radius 2 is 1.86 bits per heavy atom. The number of carbonyl (C=O) groups excluding carboxylic acids is 2. The Morgan fingerprint density at radius 3 is 2.46 bits per heavy atom. The van der Waals surface area contributed by atoms with Gasteiger partial charge in [-0.25, -0.2) is 4.79 Å². The van der Waals surface area contributed by atoms with Gasteiger partial charge >= 0.3 is 6.03 Å². The highest BCUT2D eigenvalue weighted by Gasteiger charge is 2.49. The predicted octanol–water partition coefficient (Wildman–Crippen LogP) is 1.56. The highest BCUT2D eigenvalue weighted by atomic mass is 16.5. The van der Waals surface area contributed by atoms with Crippen LogP contribution in [0.2, 0.25) is 0 Å². The molecule has 0 aromatic heterocycles. The minimum atomic E-state index is 0.0299. The number of ether oxygens (including phenoxy) is 1. The van der Waals surface area contributed by atoms with Crippen LogP contribution >= 0.6 is 0 Å². The largest absolute Gasteiger partial charge is 0.497 e. The highest BCUT2D eigenvalue weighted by Crippen LogP contribution is 2.45. The van der Waals surface area contributed by atoms with E-state index in [0.717, 1.165) is 43.8 Å². The average molecular weight is 386 g/mol. The molecule has 0 radical (unpaired) electrons. The van der Waals surface area contributed by atoms with Gasteiger partial charge in [-0.15, -0.1) is 0 Å². The number of hydrogen-bond donors (Lipinski definition) is 1. The molecule has 7 nitrogen and oxygen atoms in total. The van der Waals surface area contributed by atoms with E-state index in [1.165, 1.54) is 0 Å². The minimum Gasteiger partial charge on any atom is -0.497 e. The van der Waals surface area contributed by atoms with Crippen LogP contribution in [0.3, 0.4) is 0 Å². The van der Waals surface area contributed by atoms with Gasteiger partial charge in [0.2, 0.25) is 5.91 Å². The van der Waals surface area contributed by atoms with E-state index in [-0.39, 0.29) is 18.0 Å². The van der Waals surface area contributed by atoms with Gasteiger partial charge in [-0.1, -0.05) is 12.1 Å². The zero-order valence-electron chi connectivity index (χ0n) is 16.9. The molecule has 1 aromatic rings. The summed E-state index contributed by atoms with van der Waals surface area (Å²) in [7, 11) is 5.26. The van der Waals surface area contributed by atoms with Crippen molar-refractivity contribution in [1.82, 2.24) is 20.0 Å². The van der Waals surface area contributed by atoms with Crippen LogP contribution in [0.5, 0.6) is 5.75 Å². The molecule has 7 heteroatoms. The summed E-state index contributed by atoms with van der Waals surface area (Å²) in [5.41, 5.74) is 1.13. The summed E-state index contributed by atoms with van der Waals surface area (Å²) in [6, 6.07) is 8.51. The Hall–Kier alpha value is -2.28. The number of carbonyl (C=O) groups is 2. The third kappa shape index (κ3) is 3.81. The number of fused-ring (bicyclic) bond motifs is 1. The second-order valence-electron chi connectivity index (χ2n) is 8.51. The molecule has 3 amide bonds. The molecule has 3 aliphatic rings. The van der Waals surface area contributed by atoms with Crippen LogP contribution in [0.25, 0.3) is 0 Å². The average Bonchev–Trinajstić information content (AvgIpc) is 3.29. The van der Waals surface area contributed by atoms with Crippen molar-refractivity contribution in [2.45, 2.75) is 24.9 Å². The lowest BCUT2D eigenvalue weighted by Gasteiger charge is -2.31. The number of rotatable bonds is 5. The first-order valence-corrected chi connectivity index (χ1v) is 10.1. The Morgan fingerprint density at radius 1 is 1.14 bits per heavy atom. The Kier molecular flexibility index (Phi) is 5.19. The number of amides is 3. The van der Waals surface area contributed by atoms with E-state index < -0.39 is 0 Å². The molecular weight excluding hydrogens is 356 g/mol. The molecule has 2 aliphatic heterocycles.